The number of halogens is 4. The molecule has 0 saturated carbocycles. The highest BCUT2D eigenvalue weighted by Gasteiger charge is 2.33. The number of aromatic nitrogens is 1. The summed E-state index contributed by atoms with van der Waals surface area (Å²) in [7, 11) is 0. The van der Waals surface area contributed by atoms with Gasteiger partial charge in [-0.05, 0) is 32.4 Å². The highest BCUT2D eigenvalue weighted by atomic mass is 127. The number of hydrogen-bond acceptors (Lipinski definition) is 4. The van der Waals surface area contributed by atoms with Gasteiger partial charge >= 0.3 is 6.18 Å². The maximum atomic E-state index is 12.6. The van der Waals surface area contributed by atoms with Crippen LogP contribution in [-0.4, -0.2) is 66.6 Å². The standard InChI is InChI=1S/C18H30F3N5S.HI/c1-4-22-17(26-10-8-14(12-26)11-25(5-2)6-3)23-9-7-16-24-15(13-27-16)18(19,20)21;/h13-14H,4-12H2,1-3H3,(H,22,23);1H. The van der Waals surface area contributed by atoms with E-state index in [1.807, 2.05) is 6.92 Å². The van der Waals surface area contributed by atoms with E-state index in [9.17, 15) is 13.2 Å². The second-order valence-corrected chi connectivity index (χ2v) is 7.64. The molecule has 1 N–H and O–H groups in total. The van der Waals surface area contributed by atoms with E-state index < -0.39 is 11.9 Å². The summed E-state index contributed by atoms with van der Waals surface area (Å²) >= 11 is 1.05. The summed E-state index contributed by atoms with van der Waals surface area (Å²) in [5, 5.41) is 4.85. The van der Waals surface area contributed by atoms with Crippen molar-refractivity contribution in [3.63, 3.8) is 0 Å². The highest BCUT2D eigenvalue weighted by molar-refractivity contribution is 14.0. The molecule has 0 aromatic carbocycles. The molecule has 0 radical (unpaired) electrons. The van der Waals surface area contributed by atoms with Gasteiger partial charge in [0.05, 0.1) is 5.01 Å². The minimum Gasteiger partial charge on any atom is -0.357 e. The zero-order valence-electron chi connectivity index (χ0n) is 16.8. The molecule has 1 aliphatic rings. The molecular formula is C18H31F3IN5S. The van der Waals surface area contributed by atoms with Crippen molar-refractivity contribution in [2.45, 2.75) is 39.8 Å². The normalized spacial score (nSPS) is 17.9. The van der Waals surface area contributed by atoms with Gasteiger partial charge in [0.2, 0.25) is 0 Å². The summed E-state index contributed by atoms with van der Waals surface area (Å²) in [6, 6.07) is 0. The number of aliphatic imine (C=N–C) groups is 1. The Balaban J connectivity index is 0.00000392. The summed E-state index contributed by atoms with van der Waals surface area (Å²) in [6.45, 7) is 12.8. The van der Waals surface area contributed by atoms with Crippen molar-refractivity contribution in [3.05, 3.63) is 16.1 Å². The van der Waals surface area contributed by atoms with Crippen LogP contribution in [0.25, 0.3) is 0 Å². The van der Waals surface area contributed by atoms with Crippen LogP contribution < -0.4 is 5.32 Å². The van der Waals surface area contributed by atoms with Crippen molar-refractivity contribution in [2.24, 2.45) is 10.9 Å². The molecule has 1 aromatic rings. The Hall–Kier alpha value is -0.620. The van der Waals surface area contributed by atoms with Gasteiger partial charge in [0.15, 0.2) is 11.7 Å². The quantitative estimate of drug-likeness (QED) is 0.312. The van der Waals surface area contributed by atoms with E-state index >= 15 is 0 Å². The van der Waals surface area contributed by atoms with Gasteiger partial charge in [-0.15, -0.1) is 35.3 Å². The summed E-state index contributed by atoms with van der Waals surface area (Å²) in [4.78, 5) is 13.0. The third kappa shape index (κ3) is 7.66. The number of likely N-dealkylation sites (tertiary alicyclic amines) is 1. The number of alkyl halides is 3. The van der Waals surface area contributed by atoms with E-state index in [4.69, 9.17) is 0 Å². The molecule has 5 nitrogen and oxygen atoms in total. The van der Waals surface area contributed by atoms with Crippen molar-refractivity contribution in [1.29, 1.82) is 0 Å². The van der Waals surface area contributed by atoms with E-state index in [0.717, 1.165) is 68.4 Å². The van der Waals surface area contributed by atoms with Crippen LogP contribution in [0.2, 0.25) is 0 Å². The maximum Gasteiger partial charge on any atom is 0.434 e. The van der Waals surface area contributed by atoms with Crippen LogP contribution in [0.3, 0.4) is 0 Å². The average Bonchev–Trinajstić information content (AvgIpc) is 3.28. The van der Waals surface area contributed by atoms with Crippen LogP contribution in [0.4, 0.5) is 13.2 Å². The average molecular weight is 533 g/mol. The first-order valence-electron chi connectivity index (χ1n) is 9.64. The van der Waals surface area contributed by atoms with Gasteiger partial charge in [0, 0.05) is 44.5 Å². The smallest absolute Gasteiger partial charge is 0.357 e. The van der Waals surface area contributed by atoms with Gasteiger partial charge < -0.3 is 15.1 Å². The third-order valence-corrected chi connectivity index (χ3v) is 5.67. The highest BCUT2D eigenvalue weighted by Crippen LogP contribution is 2.30. The van der Waals surface area contributed by atoms with Crippen LogP contribution in [-0.2, 0) is 12.6 Å². The molecule has 162 valence electrons. The number of nitrogens with zero attached hydrogens (tertiary/aromatic N) is 4. The molecule has 28 heavy (non-hydrogen) atoms. The minimum atomic E-state index is -4.37. The Morgan fingerprint density at radius 2 is 2.07 bits per heavy atom. The first-order chi connectivity index (χ1) is 12.9. The molecule has 1 saturated heterocycles. The third-order valence-electron chi connectivity index (χ3n) is 4.76. The molecule has 1 aromatic heterocycles. The van der Waals surface area contributed by atoms with Crippen molar-refractivity contribution < 1.29 is 13.2 Å². The molecule has 2 rings (SSSR count). The Bertz CT molecular complexity index is 604. The van der Waals surface area contributed by atoms with Gasteiger partial charge in [-0.3, -0.25) is 4.99 Å². The molecule has 1 fully saturated rings. The van der Waals surface area contributed by atoms with E-state index in [0.29, 0.717) is 23.9 Å². The summed E-state index contributed by atoms with van der Waals surface area (Å²) < 4.78 is 37.9. The van der Waals surface area contributed by atoms with E-state index in [-0.39, 0.29) is 24.0 Å². The number of nitrogens with one attached hydrogen (secondary N) is 1. The predicted octanol–water partition coefficient (Wildman–Crippen LogP) is 3.95. The minimum absolute atomic E-state index is 0. The molecule has 1 unspecified atom stereocenters. The van der Waals surface area contributed by atoms with E-state index in [1.54, 1.807) is 0 Å². The molecule has 0 bridgehead atoms. The molecule has 0 amide bonds. The maximum absolute atomic E-state index is 12.6. The first-order valence-corrected chi connectivity index (χ1v) is 10.5. The Morgan fingerprint density at radius 3 is 2.64 bits per heavy atom. The predicted molar refractivity (Wildman–Crippen MR) is 120 cm³/mol. The molecular weight excluding hydrogens is 502 g/mol. The lowest BCUT2D eigenvalue weighted by Gasteiger charge is -2.24. The lowest BCUT2D eigenvalue weighted by Crippen LogP contribution is -2.41. The summed E-state index contributed by atoms with van der Waals surface area (Å²) in [6.07, 6.45) is -2.81. The van der Waals surface area contributed by atoms with Gasteiger partial charge in [-0.25, -0.2) is 4.98 Å². The fourth-order valence-electron chi connectivity index (χ4n) is 3.26. The molecule has 0 spiro atoms. The Labute approximate surface area is 186 Å². The second-order valence-electron chi connectivity index (χ2n) is 6.70. The van der Waals surface area contributed by atoms with Gasteiger partial charge in [0.1, 0.15) is 0 Å². The van der Waals surface area contributed by atoms with Gasteiger partial charge in [0.25, 0.3) is 0 Å². The van der Waals surface area contributed by atoms with Crippen molar-refractivity contribution in [3.8, 4) is 0 Å². The van der Waals surface area contributed by atoms with Crippen molar-refractivity contribution in [2.75, 3.05) is 45.8 Å². The van der Waals surface area contributed by atoms with Crippen molar-refractivity contribution >= 4 is 41.3 Å². The van der Waals surface area contributed by atoms with E-state index in [1.165, 1.54) is 0 Å². The second kappa shape index (κ2) is 12.2. The number of rotatable bonds is 8. The lowest BCUT2D eigenvalue weighted by molar-refractivity contribution is -0.140. The van der Waals surface area contributed by atoms with E-state index in [2.05, 4.69) is 38.9 Å². The number of guanidine groups is 1. The zero-order chi connectivity index (χ0) is 19.9. The lowest BCUT2D eigenvalue weighted by atomic mass is 10.1. The Kier molecular flexibility index (Phi) is 11.0. The van der Waals surface area contributed by atoms with Crippen LogP contribution in [0.15, 0.2) is 10.4 Å². The molecule has 1 atom stereocenters. The number of hydrogen-bond donors (Lipinski definition) is 1. The van der Waals surface area contributed by atoms with Crippen LogP contribution in [0.5, 0.6) is 0 Å². The molecule has 1 aliphatic heterocycles. The summed E-state index contributed by atoms with van der Waals surface area (Å²) in [5.41, 5.74) is -0.808. The van der Waals surface area contributed by atoms with Crippen LogP contribution in [0, 0.1) is 5.92 Å². The fourth-order valence-corrected chi connectivity index (χ4v) is 4.05. The van der Waals surface area contributed by atoms with Crippen LogP contribution in [0.1, 0.15) is 37.9 Å². The first kappa shape index (κ1) is 25.4. The van der Waals surface area contributed by atoms with Crippen LogP contribution >= 0.6 is 35.3 Å². The zero-order valence-corrected chi connectivity index (χ0v) is 19.9. The topological polar surface area (TPSA) is 43.8 Å². The number of thiazole rings is 1. The van der Waals surface area contributed by atoms with Gasteiger partial charge in [-0.1, -0.05) is 13.8 Å². The molecule has 0 aliphatic carbocycles. The Morgan fingerprint density at radius 1 is 1.36 bits per heavy atom. The summed E-state index contributed by atoms with van der Waals surface area (Å²) in [5.74, 6) is 1.48. The molecule has 2 heterocycles. The van der Waals surface area contributed by atoms with Crippen molar-refractivity contribution in [1.82, 2.24) is 20.1 Å². The largest absolute Gasteiger partial charge is 0.434 e. The fraction of sp³-hybridized carbons (Fsp3) is 0.778. The molecule has 10 heteroatoms. The SMILES string of the molecule is CCNC(=NCCc1nc(C(F)(F)F)cs1)N1CCC(CN(CC)CC)C1.I. The monoisotopic (exact) mass is 533 g/mol. The van der Waals surface area contributed by atoms with Gasteiger partial charge in [-0.2, -0.15) is 13.2 Å².